The summed E-state index contributed by atoms with van der Waals surface area (Å²) in [6, 6.07) is 0. The summed E-state index contributed by atoms with van der Waals surface area (Å²) < 4.78 is 0. The Labute approximate surface area is 170 Å². The lowest BCUT2D eigenvalue weighted by atomic mass is 10.1. The second-order valence-corrected chi connectivity index (χ2v) is 7.69. The zero-order valence-corrected chi connectivity index (χ0v) is 18.0. The number of rotatable bonds is 19. The molecule has 0 aliphatic heterocycles. The van der Waals surface area contributed by atoms with Gasteiger partial charge in [0.2, 0.25) is 0 Å². The fourth-order valence-electron chi connectivity index (χ4n) is 3.57. The Morgan fingerprint density at radius 2 is 1.29 bits per heavy atom. The highest BCUT2D eigenvalue weighted by molar-refractivity contribution is 5.73. The molecule has 0 atom stereocenters. The summed E-state index contributed by atoms with van der Waals surface area (Å²) >= 11 is 0. The van der Waals surface area contributed by atoms with Crippen molar-refractivity contribution in [1.29, 1.82) is 0 Å². The normalized spacial score (nSPS) is 11.4. The van der Waals surface area contributed by atoms with E-state index in [-0.39, 0.29) is 0 Å². The van der Waals surface area contributed by atoms with Gasteiger partial charge in [-0.3, -0.25) is 9.59 Å². The second kappa shape index (κ2) is 15.5. The third-order valence-electron chi connectivity index (χ3n) is 5.32. The van der Waals surface area contributed by atoms with E-state index in [9.17, 15) is 9.59 Å². The summed E-state index contributed by atoms with van der Waals surface area (Å²) in [5, 5.41) is 14.8. The van der Waals surface area contributed by atoms with Gasteiger partial charge in [0.1, 0.15) is 11.4 Å². The summed E-state index contributed by atoms with van der Waals surface area (Å²) in [7, 11) is 1.67. The zero-order valence-electron chi connectivity index (χ0n) is 18.0. The number of anilines is 2. The molecule has 6 nitrogen and oxygen atoms in total. The van der Waals surface area contributed by atoms with Gasteiger partial charge in [-0.25, -0.2) is 0 Å². The minimum absolute atomic E-state index is 0.290. The van der Waals surface area contributed by atoms with E-state index in [0.29, 0.717) is 24.5 Å². The molecule has 0 aliphatic carbocycles. The van der Waals surface area contributed by atoms with Gasteiger partial charge in [-0.15, -0.1) is 0 Å². The van der Waals surface area contributed by atoms with Gasteiger partial charge in [0, 0.05) is 20.2 Å². The standard InChI is InChI=1S/C22H41N3O3/c1-3-4-5-6-7-10-15-25(16-11-8-9-12-18-26)17-13-14-24-20-19(23-2)21(27)22(20)28/h23-24,26H,3-18H2,1-2H3. The molecule has 0 unspecified atom stereocenters. The number of hydrogen-bond donors (Lipinski definition) is 3. The van der Waals surface area contributed by atoms with Gasteiger partial charge in [-0.2, -0.15) is 0 Å². The van der Waals surface area contributed by atoms with E-state index in [1.54, 1.807) is 7.05 Å². The first-order valence-electron chi connectivity index (χ1n) is 11.2. The van der Waals surface area contributed by atoms with Crippen molar-refractivity contribution in [2.24, 2.45) is 0 Å². The van der Waals surface area contributed by atoms with Crippen LogP contribution in [-0.2, 0) is 0 Å². The number of nitrogens with zero attached hydrogens (tertiary/aromatic N) is 1. The molecule has 1 rings (SSSR count). The molecular formula is C22H41N3O3. The average molecular weight is 396 g/mol. The van der Waals surface area contributed by atoms with E-state index in [0.717, 1.165) is 38.9 Å². The molecule has 0 aromatic heterocycles. The van der Waals surface area contributed by atoms with Crippen molar-refractivity contribution < 1.29 is 5.11 Å². The number of aliphatic hydroxyl groups is 1. The molecule has 0 saturated carbocycles. The van der Waals surface area contributed by atoms with E-state index in [1.165, 1.54) is 51.4 Å². The van der Waals surface area contributed by atoms with Crippen molar-refractivity contribution in [1.82, 2.24) is 4.90 Å². The Hall–Kier alpha value is -1.40. The summed E-state index contributed by atoms with van der Waals surface area (Å²) in [6.45, 7) is 6.48. The second-order valence-electron chi connectivity index (χ2n) is 7.69. The smallest absolute Gasteiger partial charge is 0.253 e. The Morgan fingerprint density at radius 3 is 1.89 bits per heavy atom. The van der Waals surface area contributed by atoms with E-state index >= 15 is 0 Å². The van der Waals surface area contributed by atoms with Gasteiger partial charge in [0.15, 0.2) is 0 Å². The van der Waals surface area contributed by atoms with E-state index < -0.39 is 10.9 Å². The minimum atomic E-state index is -0.419. The summed E-state index contributed by atoms with van der Waals surface area (Å²) in [6.07, 6.45) is 13.1. The maximum absolute atomic E-state index is 11.6. The highest BCUT2D eigenvalue weighted by atomic mass is 16.3. The van der Waals surface area contributed by atoms with E-state index in [4.69, 9.17) is 5.11 Å². The van der Waals surface area contributed by atoms with Crippen molar-refractivity contribution in [3.05, 3.63) is 20.4 Å². The molecule has 0 fully saturated rings. The van der Waals surface area contributed by atoms with Crippen LogP contribution in [0, 0.1) is 0 Å². The third kappa shape index (κ3) is 9.20. The molecule has 28 heavy (non-hydrogen) atoms. The maximum Gasteiger partial charge on any atom is 0.253 e. The number of aliphatic hydroxyl groups excluding tert-OH is 1. The molecule has 1 aromatic rings. The van der Waals surface area contributed by atoms with Gasteiger partial charge in [0.05, 0.1) is 0 Å². The van der Waals surface area contributed by atoms with Gasteiger partial charge < -0.3 is 20.6 Å². The van der Waals surface area contributed by atoms with E-state index in [1.807, 2.05) is 0 Å². The first-order chi connectivity index (χ1) is 13.7. The van der Waals surface area contributed by atoms with Crippen LogP contribution < -0.4 is 21.5 Å². The minimum Gasteiger partial charge on any atom is -0.396 e. The van der Waals surface area contributed by atoms with Crippen LogP contribution in [0.4, 0.5) is 11.4 Å². The fraction of sp³-hybridized carbons (Fsp3) is 0.818. The zero-order chi connectivity index (χ0) is 20.6. The van der Waals surface area contributed by atoms with Gasteiger partial charge in [-0.05, 0) is 45.3 Å². The fourth-order valence-corrected chi connectivity index (χ4v) is 3.57. The van der Waals surface area contributed by atoms with Gasteiger partial charge >= 0.3 is 0 Å². The lowest BCUT2D eigenvalue weighted by molar-refractivity contribution is 0.253. The molecule has 0 aliphatic rings. The van der Waals surface area contributed by atoms with Crippen molar-refractivity contribution in [2.75, 3.05) is 50.5 Å². The van der Waals surface area contributed by atoms with Crippen LogP contribution in [0.15, 0.2) is 9.59 Å². The Kier molecular flexibility index (Phi) is 13.7. The van der Waals surface area contributed by atoms with Gasteiger partial charge in [0.25, 0.3) is 10.9 Å². The van der Waals surface area contributed by atoms with Crippen molar-refractivity contribution >= 4 is 11.4 Å². The lowest BCUT2D eigenvalue weighted by Gasteiger charge is -2.23. The van der Waals surface area contributed by atoms with Crippen LogP contribution in [0.25, 0.3) is 0 Å². The number of unbranched alkanes of at least 4 members (excludes halogenated alkanes) is 8. The van der Waals surface area contributed by atoms with E-state index in [2.05, 4.69) is 22.5 Å². The SMILES string of the molecule is CCCCCCCCN(CCCCCCO)CCCNc1c(NC)c(=O)c1=O. The molecule has 3 N–H and O–H groups in total. The average Bonchev–Trinajstić information content (AvgIpc) is 2.71. The lowest BCUT2D eigenvalue weighted by Crippen LogP contribution is -2.37. The Morgan fingerprint density at radius 1 is 0.750 bits per heavy atom. The first-order valence-corrected chi connectivity index (χ1v) is 11.2. The van der Waals surface area contributed by atoms with Crippen LogP contribution in [0.3, 0.4) is 0 Å². The number of hydrogen-bond acceptors (Lipinski definition) is 6. The van der Waals surface area contributed by atoms with Crippen molar-refractivity contribution in [2.45, 2.75) is 77.6 Å². The number of nitrogens with one attached hydrogen (secondary N) is 2. The first kappa shape index (κ1) is 24.6. The molecule has 0 saturated heterocycles. The third-order valence-corrected chi connectivity index (χ3v) is 5.32. The molecular weight excluding hydrogens is 354 g/mol. The van der Waals surface area contributed by atoms with Crippen LogP contribution in [0.1, 0.15) is 77.6 Å². The summed E-state index contributed by atoms with van der Waals surface area (Å²) in [4.78, 5) is 25.5. The van der Waals surface area contributed by atoms with Crippen molar-refractivity contribution in [3.63, 3.8) is 0 Å². The summed E-state index contributed by atoms with van der Waals surface area (Å²) in [5.41, 5.74) is 0.0338. The van der Waals surface area contributed by atoms with Crippen LogP contribution in [-0.4, -0.2) is 49.8 Å². The quantitative estimate of drug-likeness (QED) is 0.246. The molecule has 0 radical (unpaired) electrons. The maximum atomic E-state index is 11.6. The topological polar surface area (TPSA) is 81.7 Å². The highest BCUT2D eigenvalue weighted by Crippen LogP contribution is 2.13. The monoisotopic (exact) mass is 395 g/mol. The highest BCUT2D eigenvalue weighted by Gasteiger charge is 2.18. The van der Waals surface area contributed by atoms with Gasteiger partial charge in [-0.1, -0.05) is 51.9 Å². The summed E-state index contributed by atoms with van der Waals surface area (Å²) in [5.74, 6) is 0. The molecule has 162 valence electrons. The van der Waals surface area contributed by atoms with Crippen molar-refractivity contribution in [3.8, 4) is 0 Å². The molecule has 0 spiro atoms. The van der Waals surface area contributed by atoms with Crippen LogP contribution in [0.2, 0.25) is 0 Å². The predicted octanol–water partition coefficient (Wildman–Crippen LogP) is 3.34. The Bertz CT molecular complexity index is 582. The molecule has 0 heterocycles. The van der Waals surface area contributed by atoms with Crippen LogP contribution in [0.5, 0.6) is 0 Å². The van der Waals surface area contributed by atoms with Crippen LogP contribution >= 0.6 is 0 Å². The molecule has 0 bridgehead atoms. The largest absolute Gasteiger partial charge is 0.396 e. The predicted molar refractivity (Wildman–Crippen MR) is 119 cm³/mol. The molecule has 6 heteroatoms. The Balaban J connectivity index is 2.29. The molecule has 0 amide bonds. The molecule has 1 aromatic carbocycles.